The number of nitro groups is 1. The van der Waals surface area contributed by atoms with Crippen LogP contribution in [0, 0.1) is 10.1 Å². The molecule has 8 nitrogen and oxygen atoms in total. The van der Waals surface area contributed by atoms with E-state index in [0.717, 1.165) is 17.7 Å². The van der Waals surface area contributed by atoms with E-state index in [1.54, 1.807) is 37.3 Å². The number of nitrogens with zero attached hydrogens (tertiary/aromatic N) is 1. The van der Waals surface area contributed by atoms with Crippen LogP contribution in [-0.4, -0.2) is 32.0 Å². The van der Waals surface area contributed by atoms with Gasteiger partial charge in [-0.1, -0.05) is 42.5 Å². The monoisotopic (exact) mass is 378 g/mol. The van der Waals surface area contributed by atoms with Gasteiger partial charge >= 0.3 is 5.97 Å². The van der Waals surface area contributed by atoms with Crippen molar-refractivity contribution in [1.82, 2.24) is 4.72 Å². The Hall–Kier alpha value is -2.78. The summed E-state index contributed by atoms with van der Waals surface area (Å²) >= 11 is 0. The van der Waals surface area contributed by atoms with Crippen LogP contribution >= 0.6 is 0 Å². The lowest BCUT2D eigenvalue weighted by Crippen LogP contribution is -2.43. The van der Waals surface area contributed by atoms with Crippen LogP contribution in [0.4, 0.5) is 5.69 Å². The average Bonchev–Trinajstić information content (AvgIpc) is 2.62. The van der Waals surface area contributed by atoms with Crippen molar-refractivity contribution in [2.24, 2.45) is 0 Å². The first-order valence-corrected chi connectivity index (χ1v) is 9.29. The Morgan fingerprint density at radius 2 is 1.77 bits per heavy atom. The number of carbonyl (C=O) groups is 1. The van der Waals surface area contributed by atoms with Crippen molar-refractivity contribution in [2.75, 3.05) is 6.61 Å². The zero-order valence-corrected chi connectivity index (χ0v) is 14.8. The van der Waals surface area contributed by atoms with E-state index in [4.69, 9.17) is 4.74 Å². The summed E-state index contributed by atoms with van der Waals surface area (Å²) in [6.07, 6.45) is 0.0551. The number of carbonyl (C=O) groups excluding carboxylic acids is 1. The molecule has 2 aromatic carbocycles. The number of esters is 1. The highest BCUT2D eigenvalue weighted by Gasteiger charge is 2.31. The molecule has 2 aromatic rings. The molecule has 0 aromatic heterocycles. The van der Waals surface area contributed by atoms with Crippen LogP contribution in [0.3, 0.4) is 0 Å². The number of hydrogen-bond donors (Lipinski definition) is 1. The fraction of sp³-hybridized carbons (Fsp3) is 0.235. The highest BCUT2D eigenvalue weighted by Crippen LogP contribution is 2.23. The third-order valence-electron chi connectivity index (χ3n) is 3.50. The standard InChI is InChI=1S/C17H18N2O6S/c1-2-25-17(20)14(12-13-8-4-3-5-9-13)18-26(23,24)16-11-7-6-10-15(16)19(21)22/h3-11,14,18H,2,12H2,1H3/t14-/m0/s1. The number of sulfonamides is 1. The van der Waals surface area contributed by atoms with Gasteiger partial charge in [0.15, 0.2) is 4.90 Å². The molecule has 0 spiro atoms. The maximum Gasteiger partial charge on any atom is 0.324 e. The smallest absolute Gasteiger partial charge is 0.324 e. The van der Waals surface area contributed by atoms with Gasteiger partial charge in [-0.2, -0.15) is 4.72 Å². The van der Waals surface area contributed by atoms with E-state index in [-0.39, 0.29) is 13.0 Å². The molecular formula is C17H18N2O6S. The average molecular weight is 378 g/mol. The number of para-hydroxylation sites is 1. The van der Waals surface area contributed by atoms with Crippen molar-refractivity contribution in [3.63, 3.8) is 0 Å². The van der Waals surface area contributed by atoms with Crippen LogP contribution in [0.5, 0.6) is 0 Å². The summed E-state index contributed by atoms with van der Waals surface area (Å²) in [5.74, 6) is -0.751. The van der Waals surface area contributed by atoms with E-state index in [9.17, 15) is 23.3 Å². The topological polar surface area (TPSA) is 116 Å². The van der Waals surface area contributed by atoms with E-state index in [1.165, 1.54) is 12.1 Å². The molecule has 0 aliphatic heterocycles. The van der Waals surface area contributed by atoms with Crippen LogP contribution in [0.1, 0.15) is 12.5 Å². The molecule has 0 saturated carbocycles. The molecule has 0 saturated heterocycles. The number of nitrogens with one attached hydrogen (secondary N) is 1. The number of nitro benzene ring substituents is 1. The van der Waals surface area contributed by atoms with E-state index >= 15 is 0 Å². The molecule has 1 atom stereocenters. The van der Waals surface area contributed by atoms with Gasteiger partial charge in [0.25, 0.3) is 5.69 Å². The third-order valence-corrected chi connectivity index (χ3v) is 5.02. The van der Waals surface area contributed by atoms with Crippen LogP contribution in [0.25, 0.3) is 0 Å². The quantitative estimate of drug-likeness (QED) is 0.427. The van der Waals surface area contributed by atoms with Gasteiger partial charge in [-0.25, -0.2) is 8.42 Å². The summed E-state index contributed by atoms with van der Waals surface area (Å²) < 4.78 is 32.5. The van der Waals surface area contributed by atoms with Gasteiger partial charge in [-0.05, 0) is 25.0 Å². The number of ether oxygens (including phenoxy) is 1. The van der Waals surface area contributed by atoms with Gasteiger partial charge in [-0.3, -0.25) is 14.9 Å². The van der Waals surface area contributed by atoms with Crippen molar-refractivity contribution in [2.45, 2.75) is 24.3 Å². The molecule has 26 heavy (non-hydrogen) atoms. The van der Waals surface area contributed by atoms with Crippen LogP contribution < -0.4 is 4.72 Å². The van der Waals surface area contributed by atoms with Gasteiger partial charge in [-0.15, -0.1) is 0 Å². The van der Waals surface area contributed by atoms with Gasteiger partial charge in [0.1, 0.15) is 6.04 Å². The zero-order valence-electron chi connectivity index (χ0n) is 14.0. The van der Waals surface area contributed by atoms with E-state index < -0.39 is 37.5 Å². The Kier molecular flexibility index (Phi) is 6.42. The predicted octanol–water partition coefficient (Wildman–Crippen LogP) is 2.05. The van der Waals surface area contributed by atoms with Crippen molar-refractivity contribution >= 4 is 21.7 Å². The van der Waals surface area contributed by atoms with E-state index in [1.807, 2.05) is 0 Å². The van der Waals surface area contributed by atoms with Crippen molar-refractivity contribution in [3.05, 3.63) is 70.3 Å². The van der Waals surface area contributed by atoms with Crippen molar-refractivity contribution in [3.8, 4) is 0 Å². The van der Waals surface area contributed by atoms with Gasteiger partial charge in [0, 0.05) is 6.07 Å². The lowest BCUT2D eigenvalue weighted by Gasteiger charge is -2.17. The Labute approximate surface area is 151 Å². The molecule has 0 amide bonds. The highest BCUT2D eigenvalue weighted by atomic mass is 32.2. The van der Waals surface area contributed by atoms with Gasteiger partial charge in [0.2, 0.25) is 10.0 Å². The summed E-state index contributed by atoms with van der Waals surface area (Å²) in [6, 6.07) is 12.5. The highest BCUT2D eigenvalue weighted by molar-refractivity contribution is 7.89. The molecule has 0 bridgehead atoms. The zero-order chi connectivity index (χ0) is 19.2. The fourth-order valence-electron chi connectivity index (χ4n) is 2.35. The SMILES string of the molecule is CCOC(=O)[C@H](Cc1ccccc1)NS(=O)(=O)c1ccccc1[N+](=O)[O-]. The second-order valence-corrected chi connectivity index (χ2v) is 7.02. The molecule has 0 aliphatic carbocycles. The second-order valence-electron chi connectivity index (χ2n) is 5.34. The number of rotatable bonds is 8. The van der Waals surface area contributed by atoms with Crippen LogP contribution in [-0.2, 0) is 26.0 Å². The molecule has 2 rings (SSSR count). The largest absolute Gasteiger partial charge is 0.465 e. The molecule has 9 heteroatoms. The number of hydrogen-bond acceptors (Lipinski definition) is 6. The normalized spacial score (nSPS) is 12.3. The minimum atomic E-state index is -4.31. The first-order chi connectivity index (χ1) is 12.3. The van der Waals surface area contributed by atoms with Crippen LogP contribution in [0.2, 0.25) is 0 Å². The fourth-order valence-corrected chi connectivity index (χ4v) is 3.71. The molecule has 0 fully saturated rings. The second kappa shape index (κ2) is 8.54. The molecule has 1 N–H and O–H groups in total. The molecule has 0 unspecified atom stereocenters. The first-order valence-electron chi connectivity index (χ1n) is 7.81. The Bertz CT molecular complexity index is 883. The summed E-state index contributed by atoms with van der Waals surface area (Å²) in [5.41, 5.74) is 0.151. The minimum Gasteiger partial charge on any atom is -0.465 e. The van der Waals surface area contributed by atoms with Gasteiger partial charge in [0.05, 0.1) is 11.5 Å². The Balaban J connectivity index is 2.34. The molecule has 0 aliphatic rings. The first kappa shape index (κ1) is 19.5. The summed E-state index contributed by atoms with van der Waals surface area (Å²) in [4.78, 5) is 22.0. The van der Waals surface area contributed by atoms with Crippen molar-refractivity contribution < 1.29 is 22.9 Å². The lowest BCUT2D eigenvalue weighted by molar-refractivity contribution is -0.387. The summed E-state index contributed by atoms with van der Waals surface area (Å²) in [5, 5.41) is 11.1. The van der Waals surface area contributed by atoms with E-state index in [2.05, 4.69) is 4.72 Å². The minimum absolute atomic E-state index is 0.0551. The lowest BCUT2D eigenvalue weighted by atomic mass is 10.1. The van der Waals surface area contributed by atoms with Gasteiger partial charge < -0.3 is 4.74 Å². The molecule has 0 heterocycles. The van der Waals surface area contributed by atoms with Crippen molar-refractivity contribution in [1.29, 1.82) is 0 Å². The third kappa shape index (κ3) is 4.87. The Morgan fingerprint density at radius 1 is 1.15 bits per heavy atom. The molecular weight excluding hydrogens is 360 g/mol. The van der Waals surface area contributed by atoms with E-state index in [0.29, 0.717) is 0 Å². The maximum absolute atomic E-state index is 12.6. The molecule has 0 radical (unpaired) electrons. The summed E-state index contributed by atoms with van der Waals surface area (Å²) in [7, 11) is -4.31. The number of benzene rings is 2. The maximum atomic E-state index is 12.6. The Morgan fingerprint density at radius 3 is 2.38 bits per heavy atom. The molecule has 138 valence electrons. The predicted molar refractivity (Wildman–Crippen MR) is 94.0 cm³/mol. The summed E-state index contributed by atoms with van der Waals surface area (Å²) in [6.45, 7) is 1.69. The van der Waals surface area contributed by atoms with Crippen LogP contribution in [0.15, 0.2) is 59.5 Å².